The molecule has 0 saturated carbocycles. The summed E-state index contributed by atoms with van der Waals surface area (Å²) in [6.07, 6.45) is 0. The third-order valence-electron chi connectivity index (χ3n) is 15.4. The molecule has 3 aliphatic heterocycles. The van der Waals surface area contributed by atoms with E-state index in [0.717, 1.165) is 124 Å². The minimum Gasteiger partial charge on any atom is -0.341 e. The Labute approximate surface area is 439 Å². The highest BCUT2D eigenvalue weighted by atomic mass is 15.3. The Kier molecular flexibility index (Phi) is 10.4. The number of hydrogen-bond acceptors (Lipinski definition) is 6. The van der Waals surface area contributed by atoms with Crippen molar-refractivity contribution in [2.24, 2.45) is 0 Å². The molecule has 3 heterocycles. The second kappa shape index (κ2) is 17.8. The predicted molar refractivity (Wildman–Crippen MR) is 316 cm³/mol. The summed E-state index contributed by atoms with van der Waals surface area (Å²) in [6.45, 7) is 0. The van der Waals surface area contributed by atoms with E-state index in [1.54, 1.807) is 0 Å². The molecular weight excluding hydrogens is 913 g/mol. The molecule has 6 nitrogen and oxygen atoms in total. The number of benzene rings is 11. The SMILES string of the molecule is CN1c2ccccc2N(c2cccc(-c3ccc(-c4cccc(N5c6ccccc6N(C)c6ccccc65)c4)c(-c4cccc(N5c6ccccc6N(C)c6ccccc65)c4)c3-c3ccccc3)c2)c2ccccc21. The van der Waals surface area contributed by atoms with Gasteiger partial charge in [-0.2, -0.15) is 0 Å². The molecular formula is C69H52N6. The zero-order valence-electron chi connectivity index (χ0n) is 42.0. The van der Waals surface area contributed by atoms with Crippen molar-refractivity contribution in [1.29, 1.82) is 0 Å². The van der Waals surface area contributed by atoms with Gasteiger partial charge in [0.1, 0.15) is 0 Å². The van der Waals surface area contributed by atoms with Gasteiger partial charge in [-0.25, -0.2) is 0 Å². The fourth-order valence-corrected chi connectivity index (χ4v) is 11.9. The van der Waals surface area contributed by atoms with Crippen LogP contribution in [0.25, 0.3) is 44.5 Å². The molecule has 11 aromatic carbocycles. The molecule has 11 aromatic rings. The van der Waals surface area contributed by atoms with Gasteiger partial charge < -0.3 is 29.4 Å². The Morgan fingerprint density at radius 2 is 0.440 bits per heavy atom. The molecule has 0 amide bonds. The number of rotatable bonds is 7. The first-order valence-electron chi connectivity index (χ1n) is 25.7. The van der Waals surface area contributed by atoms with Crippen molar-refractivity contribution in [3.8, 4) is 44.5 Å². The second-order valence-electron chi connectivity index (χ2n) is 19.5. The van der Waals surface area contributed by atoms with E-state index in [2.05, 4.69) is 311 Å². The van der Waals surface area contributed by atoms with Crippen molar-refractivity contribution in [2.75, 3.05) is 50.5 Å². The van der Waals surface area contributed by atoms with E-state index in [1.807, 2.05) is 0 Å². The van der Waals surface area contributed by atoms with Gasteiger partial charge in [0, 0.05) is 38.2 Å². The molecule has 0 bridgehead atoms. The van der Waals surface area contributed by atoms with Gasteiger partial charge in [0.05, 0.1) is 68.2 Å². The summed E-state index contributed by atoms with van der Waals surface area (Å²) in [5.74, 6) is 0. The molecule has 0 N–H and O–H groups in total. The topological polar surface area (TPSA) is 19.4 Å². The molecule has 3 aliphatic rings. The van der Waals surface area contributed by atoms with Gasteiger partial charge in [-0.3, -0.25) is 0 Å². The Balaban J connectivity index is 1.01. The molecule has 0 spiro atoms. The van der Waals surface area contributed by atoms with Gasteiger partial charge in [0.15, 0.2) is 0 Å². The summed E-state index contributed by atoms with van der Waals surface area (Å²) in [6, 6.07) is 95.5. The van der Waals surface area contributed by atoms with E-state index in [1.165, 1.54) is 5.56 Å². The van der Waals surface area contributed by atoms with Gasteiger partial charge in [-0.15, -0.1) is 0 Å². The standard InChI is InChI=1S/C69H52N6/c1-70-56-30-7-13-36-62(56)73(63-37-14-8-31-57(63)70)51-27-19-24-48(44-51)54-42-43-55(49-25-20-28-52(45-49)74-64-38-15-9-32-58(64)71(2)59-33-10-16-39-65(59)74)69(68(54)47-22-5-4-6-23-47)50-26-21-29-53(46-50)75-66-40-17-11-34-60(66)72(3)61-35-12-18-41-67(61)75/h4-46H,1-3H3. The molecule has 0 aliphatic carbocycles. The molecule has 0 aromatic heterocycles. The third-order valence-corrected chi connectivity index (χ3v) is 15.4. The number of fused-ring (bicyclic) bond motifs is 6. The highest BCUT2D eigenvalue weighted by Crippen LogP contribution is 2.56. The highest BCUT2D eigenvalue weighted by Gasteiger charge is 2.31. The van der Waals surface area contributed by atoms with Crippen LogP contribution in [0.4, 0.5) is 85.3 Å². The average molecular weight is 965 g/mol. The number of nitrogens with zero attached hydrogens (tertiary/aromatic N) is 6. The van der Waals surface area contributed by atoms with Crippen LogP contribution in [0.2, 0.25) is 0 Å². The van der Waals surface area contributed by atoms with Crippen LogP contribution >= 0.6 is 0 Å². The minimum absolute atomic E-state index is 1.09. The van der Waals surface area contributed by atoms with Crippen LogP contribution in [0.15, 0.2) is 261 Å². The quantitative estimate of drug-likeness (QED) is 0.157. The van der Waals surface area contributed by atoms with Gasteiger partial charge in [-0.05, 0) is 154 Å². The summed E-state index contributed by atoms with van der Waals surface area (Å²) >= 11 is 0. The van der Waals surface area contributed by atoms with Crippen LogP contribution in [-0.4, -0.2) is 21.1 Å². The Morgan fingerprint density at radius 1 is 0.200 bits per heavy atom. The van der Waals surface area contributed by atoms with E-state index >= 15 is 0 Å². The zero-order chi connectivity index (χ0) is 50.1. The van der Waals surface area contributed by atoms with E-state index in [0.29, 0.717) is 0 Å². The van der Waals surface area contributed by atoms with E-state index in [-0.39, 0.29) is 0 Å². The highest BCUT2D eigenvalue weighted by molar-refractivity contribution is 6.06. The first kappa shape index (κ1) is 44.0. The lowest BCUT2D eigenvalue weighted by Crippen LogP contribution is -2.24. The maximum atomic E-state index is 2.43. The van der Waals surface area contributed by atoms with Crippen molar-refractivity contribution in [1.82, 2.24) is 0 Å². The molecule has 358 valence electrons. The lowest BCUT2D eigenvalue weighted by atomic mass is 9.82. The maximum absolute atomic E-state index is 2.43. The monoisotopic (exact) mass is 964 g/mol. The zero-order valence-corrected chi connectivity index (χ0v) is 42.0. The van der Waals surface area contributed by atoms with E-state index < -0.39 is 0 Å². The molecule has 0 radical (unpaired) electrons. The summed E-state index contributed by atoms with van der Waals surface area (Å²) in [4.78, 5) is 14.2. The van der Waals surface area contributed by atoms with E-state index in [4.69, 9.17) is 0 Å². The smallest absolute Gasteiger partial charge is 0.0699 e. The van der Waals surface area contributed by atoms with Crippen LogP contribution in [0.3, 0.4) is 0 Å². The van der Waals surface area contributed by atoms with Crippen LogP contribution in [0.5, 0.6) is 0 Å². The lowest BCUT2D eigenvalue weighted by molar-refractivity contribution is 1.13. The van der Waals surface area contributed by atoms with Crippen LogP contribution in [0, 0.1) is 0 Å². The van der Waals surface area contributed by atoms with Gasteiger partial charge >= 0.3 is 0 Å². The van der Waals surface area contributed by atoms with Crippen molar-refractivity contribution in [2.45, 2.75) is 0 Å². The normalized spacial score (nSPS) is 13.1. The maximum Gasteiger partial charge on any atom is 0.0699 e. The van der Waals surface area contributed by atoms with Crippen molar-refractivity contribution in [3.05, 3.63) is 261 Å². The van der Waals surface area contributed by atoms with E-state index in [9.17, 15) is 0 Å². The number of hydrogen-bond donors (Lipinski definition) is 0. The molecule has 75 heavy (non-hydrogen) atoms. The Hall–Kier alpha value is -9.78. The van der Waals surface area contributed by atoms with Gasteiger partial charge in [0.25, 0.3) is 0 Å². The first-order valence-corrected chi connectivity index (χ1v) is 25.7. The average Bonchev–Trinajstić information content (AvgIpc) is 3.47. The van der Waals surface area contributed by atoms with Crippen molar-refractivity contribution >= 4 is 85.3 Å². The molecule has 14 rings (SSSR count). The van der Waals surface area contributed by atoms with Crippen molar-refractivity contribution in [3.63, 3.8) is 0 Å². The van der Waals surface area contributed by atoms with Gasteiger partial charge in [0.2, 0.25) is 0 Å². The number of anilines is 15. The predicted octanol–water partition coefficient (Wildman–Crippen LogP) is 19.0. The van der Waals surface area contributed by atoms with Gasteiger partial charge in [-0.1, -0.05) is 152 Å². The summed E-state index contributed by atoms with van der Waals surface area (Å²) in [5, 5.41) is 0. The van der Waals surface area contributed by atoms with Crippen LogP contribution in [-0.2, 0) is 0 Å². The Morgan fingerprint density at radius 3 is 0.760 bits per heavy atom. The van der Waals surface area contributed by atoms with Crippen LogP contribution in [0.1, 0.15) is 0 Å². The second-order valence-corrected chi connectivity index (χ2v) is 19.5. The van der Waals surface area contributed by atoms with Crippen LogP contribution < -0.4 is 29.4 Å². The summed E-state index contributed by atoms with van der Waals surface area (Å²) < 4.78 is 0. The lowest BCUT2D eigenvalue weighted by Gasteiger charge is -2.39. The molecule has 0 fully saturated rings. The summed E-state index contributed by atoms with van der Waals surface area (Å²) in [5.41, 5.74) is 26.2. The fourth-order valence-electron chi connectivity index (χ4n) is 11.9. The molecule has 6 heteroatoms. The fraction of sp³-hybridized carbons (Fsp3) is 0.0435. The minimum atomic E-state index is 1.09. The Bertz CT molecular complexity index is 3870. The largest absolute Gasteiger partial charge is 0.341 e. The summed E-state index contributed by atoms with van der Waals surface area (Å²) in [7, 11) is 6.49. The third kappa shape index (κ3) is 7.09. The molecule has 0 atom stereocenters. The van der Waals surface area contributed by atoms with Crippen molar-refractivity contribution < 1.29 is 0 Å². The first-order chi connectivity index (χ1) is 37.0. The molecule has 0 saturated heterocycles. The number of para-hydroxylation sites is 12. The molecule has 0 unspecified atom stereocenters.